The molecule has 0 unspecified atom stereocenters. The second-order valence-electron chi connectivity index (χ2n) is 3.71. The molecule has 0 radical (unpaired) electrons. The van der Waals surface area contributed by atoms with Crippen molar-refractivity contribution >= 4 is 21.8 Å². The number of pyridine rings is 1. The maximum atomic E-state index is 11.2. The molecule has 0 aliphatic heterocycles. The molecule has 98 valence electrons. The summed E-state index contributed by atoms with van der Waals surface area (Å²) in [4.78, 5) is 25.8. The Hall–Kier alpha value is -1.96. The summed E-state index contributed by atoms with van der Waals surface area (Å²) in [7, 11) is -3.52. The van der Waals surface area contributed by atoms with E-state index in [-0.39, 0.29) is 12.1 Å². The number of primary amides is 1. The van der Waals surface area contributed by atoms with Gasteiger partial charge in [-0.05, 0) is 18.1 Å². The van der Waals surface area contributed by atoms with E-state index < -0.39 is 21.8 Å². The molecule has 0 bridgehead atoms. The summed E-state index contributed by atoms with van der Waals surface area (Å²) in [6, 6.07) is 3.06. The molecule has 2 amide bonds. The highest BCUT2D eigenvalue weighted by Crippen LogP contribution is 2.03. The Morgan fingerprint density at radius 2 is 2.06 bits per heavy atom. The van der Waals surface area contributed by atoms with E-state index in [4.69, 9.17) is 5.73 Å². The van der Waals surface area contributed by atoms with Gasteiger partial charge in [0.2, 0.25) is 15.9 Å². The summed E-state index contributed by atoms with van der Waals surface area (Å²) in [5.41, 5.74) is 5.87. The largest absolute Gasteiger partial charge is 0.364 e. The van der Waals surface area contributed by atoms with Crippen LogP contribution in [0.2, 0.25) is 0 Å². The fourth-order valence-electron chi connectivity index (χ4n) is 1.23. The third-order valence-electron chi connectivity index (χ3n) is 2.02. The molecule has 0 spiro atoms. The maximum absolute atomic E-state index is 11.2. The molecule has 0 aliphatic carbocycles. The molecule has 0 atom stereocenters. The van der Waals surface area contributed by atoms with Crippen molar-refractivity contribution < 1.29 is 18.0 Å². The Balaban J connectivity index is 2.54. The van der Waals surface area contributed by atoms with Crippen LogP contribution < -0.4 is 10.5 Å². The van der Waals surface area contributed by atoms with Crippen LogP contribution in [-0.2, 0) is 21.2 Å². The van der Waals surface area contributed by atoms with Crippen molar-refractivity contribution in [1.29, 1.82) is 0 Å². The van der Waals surface area contributed by atoms with Gasteiger partial charge in [-0.15, -0.1) is 0 Å². The van der Waals surface area contributed by atoms with Crippen LogP contribution in [0, 0.1) is 0 Å². The summed E-state index contributed by atoms with van der Waals surface area (Å²) in [5.74, 6) is -1.21. The van der Waals surface area contributed by atoms with Crippen LogP contribution in [0.15, 0.2) is 18.3 Å². The topological polar surface area (TPSA) is 119 Å². The summed E-state index contributed by atoms with van der Waals surface area (Å²) in [6.07, 6.45) is 2.68. The molecule has 1 rings (SSSR count). The molecular formula is C10H13N3O4S. The number of hydrogen-bond donors (Lipinski definition) is 2. The van der Waals surface area contributed by atoms with Crippen molar-refractivity contribution in [2.24, 2.45) is 5.73 Å². The molecule has 3 N–H and O–H groups in total. The van der Waals surface area contributed by atoms with Gasteiger partial charge in [-0.25, -0.2) is 8.42 Å². The number of nitrogens with zero attached hydrogens (tertiary/aromatic N) is 1. The fourth-order valence-corrected chi connectivity index (χ4v) is 1.75. The summed E-state index contributed by atoms with van der Waals surface area (Å²) < 4.78 is 23.4. The third-order valence-corrected chi connectivity index (χ3v) is 2.62. The van der Waals surface area contributed by atoms with Gasteiger partial charge in [0.1, 0.15) is 5.69 Å². The van der Waals surface area contributed by atoms with Crippen LogP contribution >= 0.6 is 0 Å². The summed E-state index contributed by atoms with van der Waals surface area (Å²) in [6.45, 7) is 0. The molecule has 0 aromatic carbocycles. The van der Waals surface area contributed by atoms with Crippen molar-refractivity contribution in [3.63, 3.8) is 0 Å². The molecule has 0 aliphatic rings. The molecule has 7 nitrogen and oxygen atoms in total. The van der Waals surface area contributed by atoms with Crippen molar-refractivity contribution in [2.45, 2.75) is 12.8 Å². The predicted molar refractivity (Wildman–Crippen MR) is 64.1 cm³/mol. The number of amides is 2. The van der Waals surface area contributed by atoms with E-state index >= 15 is 0 Å². The van der Waals surface area contributed by atoms with Gasteiger partial charge in [0.25, 0.3) is 5.91 Å². The molecule has 0 fully saturated rings. The lowest BCUT2D eigenvalue weighted by atomic mass is 10.1. The minimum Gasteiger partial charge on any atom is -0.364 e. The van der Waals surface area contributed by atoms with E-state index in [9.17, 15) is 18.0 Å². The number of carbonyl (C=O) groups is 2. The van der Waals surface area contributed by atoms with Crippen LogP contribution in [0.5, 0.6) is 0 Å². The van der Waals surface area contributed by atoms with E-state index in [0.717, 1.165) is 6.26 Å². The number of nitrogens with two attached hydrogens (primary N) is 1. The second-order valence-corrected chi connectivity index (χ2v) is 5.46. The van der Waals surface area contributed by atoms with E-state index in [0.29, 0.717) is 12.0 Å². The highest BCUT2D eigenvalue weighted by Gasteiger charge is 2.08. The molecule has 0 saturated heterocycles. The Morgan fingerprint density at radius 3 is 2.50 bits per heavy atom. The van der Waals surface area contributed by atoms with Gasteiger partial charge in [0.15, 0.2) is 0 Å². The van der Waals surface area contributed by atoms with Crippen molar-refractivity contribution in [1.82, 2.24) is 9.71 Å². The lowest BCUT2D eigenvalue weighted by Crippen LogP contribution is -2.29. The molecule has 1 aromatic rings. The van der Waals surface area contributed by atoms with Gasteiger partial charge in [-0.3, -0.25) is 19.3 Å². The average molecular weight is 271 g/mol. The number of rotatable bonds is 5. The second kappa shape index (κ2) is 5.58. The van der Waals surface area contributed by atoms with Crippen LogP contribution in [0.1, 0.15) is 22.5 Å². The lowest BCUT2D eigenvalue weighted by Gasteiger charge is -2.03. The van der Waals surface area contributed by atoms with Crippen LogP contribution in [0.25, 0.3) is 0 Å². The van der Waals surface area contributed by atoms with Gasteiger partial charge >= 0.3 is 0 Å². The van der Waals surface area contributed by atoms with Gasteiger partial charge < -0.3 is 5.73 Å². The number of nitrogens with one attached hydrogen (secondary N) is 1. The fraction of sp³-hybridized carbons (Fsp3) is 0.300. The van der Waals surface area contributed by atoms with Gasteiger partial charge in [-0.2, -0.15) is 0 Å². The standard InChI is InChI=1S/C10H13N3O4S/c1-18(16,17)13-9(14)5-3-7-2-4-8(10(11)15)12-6-7/h2,4,6H,3,5H2,1H3,(H2,11,15)(H,13,14). The zero-order valence-electron chi connectivity index (χ0n) is 9.71. The molecule has 0 saturated carbocycles. The van der Waals surface area contributed by atoms with Crippen molar-refractivity contribution in [3.05, 3.63) is 29.6 Å². The van der Waals surface area contributed by atoms with E-state index in [1.165, 1.54) is 12.3 Å². The molecule has 18 heavy (non-hydrogen) atoms. The van der Waals surface area contributed by atoms with E-state index in [1.54, 1.807) is 6.07 Å². The first-order valence-electron chi connectivity index (χ1n) is 5.03. The van der Waals surface area contributed by atoms with Crippen molar-refractivity contribution in [2.75, 3.05) is 6.26 Å². The molecular weight excluding hydrogens is 258 g/mol. The predicted octanol–water partition coefficient (Wildman–Crippen LogP) is -0.811. The van der Waals surface area contributed by atoms with Crippen molar-refractivity contribution in [3.8, 4) is 0 Å². The average Bonchev–Trinajstić information content (AvgIpc) is 2.24. The van der Waals surface area contributed by atoms with Gasteiger partial charge in [-0.1, -0.05) is 6.07 Å². The quantitative estimate of drug-likeness (QED) is 0.725. The SMILES string of the molecule is CS(=O)(=O)NC(=O)CCc1ccc(C(N)=O)nc1. The minimum absolute atomic E-state index is 0.0185. The number of hydrogen-bond acceptors (Lipinski definition) is 5. The Bertz CT molecular complexity index is 551. The highest BCUT2D eigenvalue weighted by atomic mass is 32.2. The van der Waals surface area contributed by atoms with Crippen LogP contribution in [-0.4, -0.2) is 31.5 Å². The van der Waals surface area contributed by atoms with Crippen LogP contribution in [0.4, 0.5) is 0 Å². The zero-order chi connectivity index (χ0) is 13.8. The maximum Gasteiger partial charge on any atom is 0.267 e. The number of carbonyl (C=O) groups excluding carboxylic acids is 2. The van der Waals surface area contributed by atoms with Gasteiger partial charge in [0, 0.05) is 12.6 Å². The number of sulfonamides is 1. The first-order chi connectivity index (χ1) is 8.28. The molecule has 8 heteroatoms. The third kappa shape index (κ3) is 4.91. The monoisotopic (exact) mass is 271 g/mol. The lowest BCUT2D eigenvalue weighted by molar-refractivity contribution is -0.119. The smallest absolute Gasteiger partial charge is 0.267 e. The number of aromatic nitrogens is 1. The first-order valence-corrected chi connectivity index (χ1v) is 6.92. The molecule has 1 aromatic heterocycles. The Labute approximate surface area is 104 Å². The van der Waals surface area contributed by atoms with Gasteiger partial charge in [0.05, 0.1) is 6.26 Å². The van der Waals surface area contributed by atoms with E-state index in [1.807, 2.05) is 4.72 Å². The zero-order valence-corrected chi connectivity index (χ0v) is 10.5. The highest BCUT2D eigenvalue weighted by molar-refractivity contribution is 7.89. The summed E-state index contributed by atoms with van der Waals surface area (Å²) in [5, 5.41) is 0. The Morgan fingerprint density at radius 1 is 1.39 bits per heavy atom. The van der Waals surface area contributed by atoms with Crippen LogP contribution in [0.3, 0.4) is 0 Å². The Kier molecular flexibility index (Phi) is 4.38. The summed E-state index contributed by atoms with van der Waals surface area (Å²) >= 11 is 0. The van der Waals surface area contributed by atoms with E-state index in [2.05, 4.69) is 4.98 Å². The normalized spacial score (nSPS) is 10.9. The number of aryl methyl sites for hydroxylation is 1. The molecule has 1 heterocycles. The first kappa shape index (κ1) is 14.1. The minimum atomic E-state index is -3.52.